The van der Waals surface area contributed by atoms with Crippen LogP contribution in [0.4, 0.5) is 0 Å². The van der Waals surface area contributed by atoms with Gasteiger partial charge in [0, 0.05) is 23.8 Å². The molecule has 0 aliphatic heterocycles. The molecule has 3 aromatic rings. The Kier molecular flexibility index (Phi) is 4.84. The van der Waals surface area contributed by atoms with Crippen LogP contribution in [0.2, 0.25) is 0 Å². The Labute approximate surface area is 148 Å². The Morgan fingerprint density at radius 3 is 2.76 bits per heavy atom. The van der Waals surface area contributed by atoms with Crippen molar-refractivity contribution in [3.8, 4) is 0 Å². The van der Waals surface area contributed by atoms with Crippen molar-refractivity contribution < 1.29 is 14.3 Å². The molecule has 0 radical (unpaired) electrons. The Morgan fingerprint density at radius 1 is 1.28 bits per heavy atom. The van der Waals surface area contributed by atoms with Gasteiger partial charge in [-0.05, 0) is 26.8 Å². The lowest BCUT2D eigenvalue weighted by atomic mass is 10.1. The number of aromatic amines is 1. The highest BCUT2D eigenvalue weighted by Gasteiger charge is 2.25. The molecule has 0 saturated carbocycles. The third-order valence-corrected chi connectivity index (χ3v) is 4.40. The minimum absolute atomic E-state index is 0.113. The fourth-order valence-corrected chi connectivity index (χ4v) is 3.26. The van der Waals surface area contributed by atoms with Crippen LogP contribution in [0.5, 0.6) is 0 Å². The van der Waals surface area contributed by atoms with Gasteiger partial charge in [-0.15, -0.1) is 5.10 Å². The van der Waals surface area contributed by atoms with Crippen molar-refractivity contribution in [1.29, 1.82) is 0 Å². The number of carbonyl (C=O) groups excluding carboxylic acids is 2. The van der Waals surface area contributed by atoms with E-state index in [2.05, 4.69) is 20.1 Å². The third kappa shape index (κ3) is 3.41. The fraction of sp³-hybridized carbons (Fsp3) is 0.312. The maximum absolute atomic E-state index is 12.7. The van der Waals surface area contributed by atoms with Gasteiger partial charge in [0.2, 0.25) is 5.16 Å². The highest BCUT2D eigenvalue weighted by atomic mass is 32.2. The maximum atomic E-state index is 12.7. The molecule has 0 saturated heterocycles. The highest BCUT2D eigenvalue weighted by Crippen LogP contribution is 2.23. The minimum atomic E-state index is -0.493. The summed E-state index contributed by atoms with van der Waals surface area (Å²) in [5, 5.41) is 4.70. The summed E-state index contributed by atoms with van der Waals surface area (Å²) in [4.78, 5) is 36.2. The van der Waals surface area contributed by atoms with Gasteiger partial charge in [-0.1, -0.05) is 11.8 Å². The number of carbonyl (C=O) groups is 2. The van der Waals surface area contributed by atoms with E-state index >= 15 is 0 Å². The van der Waals surface area contributed by atoms with Crippen molar-refractivity contribution in [2.45, 2.75) is 25.9 Å². The largest absolute Gasteiger partial charge is 0.462 e. The average molecular weight is 359 g/mol. The molecule has 8 nitrogen and oxygen atoms in total. The number of ketones is 1. The molecule has 0 unspecified atom stereocenters. The van der Waals surface area contributed by atoms with E-state index in [0.717, 1.165) is 0 Å². The number of rotatable bonds is 6. The van der Waals surface area contributed by atoms with Crippen LogP contribution in [0.15, 0.2) is 23.6 Å². The molecule has 9 heteroatoms. The smallest absolute Gasteiger partial charge is 0.340 e. The molecule has 3 heterocycles. The predicted molar refractivity (Wildman–Crippen MR) is 92.1 cm³/mol. The third-order valence-electron chi connectivity index (χ3n) is 3.56. The second-order valence-corrected chi connectivity index (χ2v) is 6.26. The number of esters is 1. The predicted octanol–water partition coefficient (Wildman–Crippen LogP) is 2.22. The van der Waals surface area contributed by atoms with Gasteiger partial charge in [-0.3, -0.25) is 4.79 Å². The van der Waals surface area contributed by atoms with E-state index in [0.29, 0.717) is 33.4 Å². The van der Waals surface area contributed by atoms with Crippen molar-refractivity contribution in [2.75, 3.05) is 12.4 Å². The first-order valence-corrected chi connectivity index (χ1v) is 8.69. The maximum Gasteiger partial charge on any atom is 0.340 e. The van der Waals surface area contributed by atoms with Crippen LogP contribution in [0.25, 0.3) is 5.78 Å². The molecule has 25 heavy (non-hydrogen) atoms. The fourth-order valence-electron chi connectivity index (χ4n) is 2.57. The van der Waals surface area contributed by atoms with Crippen LogP contribution in [-0.2, 0) is 4.74 Å². The first kappa shape index (κ1) is 17.2. The Morgan fingerprint density at radius 2 is 2.04 bits per heavy atom. The number of Topliss-reactive ketones (excluding diaryl/α,β-unsaturated/α-hetero) is 1. The second-order valence-electron chi connectivity index (χ2n) is 5.32. The van der Waals surface area contributed by atoms with E-state index in [1.807, 2.05) is 0 Å². The molecule has 0 bridgehead atoms. The number of hydrogen-bond acceptors (Lipinski definition) is 7. The van der Waals surface area contributed by atoms with Crippen LogP contribution in [0.1, 0.15) is 39.0 Å². The second kappa shape index (κ2) is 7.06. The SMILES string of the molecule is CCOC(=O)c1c(C)[nH]c(C)c1C(=O)CSc1nc2ncccn2n1. The molecule has 3 rings (SSSR count). The van der Waals surface area contributed by atoms with Gasteiger partial charge >= 0.3 is 5.97 Å². The van der Waals surface area contributed by atoms with Gasteiger partial charge in [-0.25, -0.2) is 14.3 Å². The van der Waals surface area contributed by atoms with Crippen molar-refractivity contribution >= 4 is 29.3 Å². The first-order valence-electron chi connectivity index (χ1n) is 7.71. The standard InChI is InChI=1S/C16H17N5O3S/c1-4-24-14(23)13-10(3)18-9(2)12(13)11(22)8-25-16-19-15-17-6-5-7-21(15)20-16/h5-7,18H,4,8H2,1-3H3. The lowest BCUT2D eigenvalue weighted by molar-refractivity contribution is 0.0522. The molecule has 130 valence electrons. The van der Waals surface area contributed by atoms with Crippen LogP contribution >= 0.6 is 11.8 Å². The summed E-state index contributed by atoms with van der Waals surface area (Å²) in [6, 6.07) is 1.75. The monoisotopic (exact) mass is 359 g/mol. The van der Waals surface area contributed by atoms with Crippen LogP contribution in [0.3, 0.4) is 0 Å². The number of aromatic nitrogens is 5. The lowest BCUT2D eigenvalue weighted by Crippen LogP contribution is -2.13. The summed E-state index contributed by atoms with van der Waals surface area (Å²) in [7, 11) is 0. The van der Waals surface area contributed by atoms with Gasteiger partial charge in [-0.2, -0.15) is 4.98 Å². The molecule has 0 aliphatic rings. The highest BCUT2D eigenvalue weighted by molar-refractivity contribution is 7.99. The summed E-state index contributed by atoms with van der Waals surface area (Å²) in [6.07, 6.45) is 3.36. The number of nitrogens with zero attached hydrogens (tertiary/aromatic N) is 4. The zero-order valence-electron chi connectivity index (χ0n) is 14.1. The number of nitrogens with one attached hydrogen (secondary N) is 1. The Hall–Kier alpha value is -2.68. The van der Waals surface area contributed by atoms with Gasteiger partial charge < -0.3 is 9.72 Å². The Balaban J connectivity index is 1.80. The molecular formula is C16H17N5O3S. The van der Waals surface area contributed by atoms with Crippen LogP contribution < -0.4 is 0 Å². The molecule has 0 aromatic carbocycles. The molecule has 0 fully saturated rings. The van der Waals surface area contributed by atoms with Crippen molar-refractivity contribution in [3.63, 3.8) is 0 Å². The van der Waals surface area contributed by atoms with E-state index in [4.69, 9.17) is 4.74 Å². The molecular weight excluding hydrogens is 342 g/mol. The molecule has 0 amide bonds. The number of aryl methyl sites for hydroxylation is 2. The topological polar surface area (TPSA) is 102 Å². The van der Waals surface area contributed by atoms with Gasteiger partial charge in [0.15, 0.2) is 5.78 Å². The molecule has 0 atom stereocenters. The lowest BCUT2D eigenvalue weighted by Gasteiger charge is -2.05. The van der Waals surface area contributed by atoms with E-state index in [1.54, 1.807) is 43.7 Å². The summed E-state index contributed by atoms with van der Waals surface area (Å²) < 4.78 is 6.61. The van der Waals surface area contributed by atoms with Crippen molar-refractivity contribution in [3.05, 3.63) is 41.0 Å². The first-order chi connectivity index (χ1) is 12.0. The van der Waals surface area contributed by atoms with E-state index < -0.39 is 5.97 Å². The van der Waals surface area contributed by atoms with Gasteiger partial charge in [0.1, 0.15) is 0 Å². The van der Waals surface area contributed by atoms with Gasteiger partial charge in [0.05, 0.1) is 23.5 Å². The number of ether oxygens (including phenoxy) is 1. The van der Waals surface area contributed by atoms with Gasteiger partial charge in [0.25, 0.3) is 5.78 Å². The van der Waals surface area contributed by atoms with Crippen LogP contribution in [0, 0.1) is 13.8 Å². The molecule has 3 aromatic heterocycles. The zero-order valence-corrected chi connectivity index (χ0v) is 14.9. The summed E-state index contributed by atoms with van der Waals surface area (Å²) in [5.41, 5.74) is 1.94. The summed E-state index contributed by atoms with van der Waals surface area (Å²) in [5.74, 6) is -0.0886. The molecule has 1 N–H and O–H groups in total. The van der Waals surface area contributed by atoms with E-state index in [9.17, 15) is 9.59 Å². The average Bonchev–Trinajstić information content (AvgIpc) is 3.12. The Bertz CT molecular complexity index is 914. The van der Waals surface area contributed by atoms with Crippen molar-refractivity contribution in [1.82, 2.24) is 24.6 Å². The number of hydrogen-bond donors (Lipinski definition) is 1. The summed E-state index contributed by atoms with van der Waals surface area (Å²) in [6.45, 7) is 5.50. The van der Waals surface area contributed by atoms with Crippen molar-refractivity contribution in [2.24, 2.45) is 0 Å². The number of H-pyrrole nitrogens is 1. The number of fused-ring (bicyclic) bond motifs is 1. The minimum Gasteiger partial charge on any atom is -0.462 e. The quantitative estimate of drug-likeness (QED) is 0.409. The number of thioether (sulfide) groups is 1. The van der Waals surface area contributed by atoms with E-state index in [-0.39, 0.29) is 18.1 Å². The van der Waals surface area contributed by atoms with Crippen LogP contribution in [-0.4, -0.2) is 48.7 Å². The zero-order chi connectivity index (χ0) is 18.0. The normalized spacial score (nSPS) is 11.0. The summed E-state index contributed by atoms with van der Waals surface area (Å²) >= 11 is 1.20. The molecule has 0 aliphatic carbocycles. The molecule has 0 spiro atoms. The van der Waals surface area contributed by atoms with E-state index in [1.165, 1.54) is 11.8 Å².